The molecule has 2 N–H and O–H groups in total. The molecule has 0 amide bonds. The van der Waals surface area contributed by atoms with Gasteiger partial charge in [-0.1, -0.05) is 30.0 Å². The SMILES string of the molecule is O=C(O)c1ccc(Oc2ccc(Sc3ccccc3)cc2)c(C(=O)O)c1. The fourth-order valence-electron chi connectivity index (χ4n) is 2.25. The zero-order valence-corrected chi connectivity index (χ0v) is 14.3. The molecule has 0 saturated heterocycles. The van der Waals surface area contributed by atoms with Crippen LogP contribution in [0.2, 0.25) is 0 Å². The third-order valence-electron chi connectivity index (χ3n) is 3.49. The number of carboxylic acids is 2. The first-order valence-corrected chi connectivity index (χ1v) is 8.46. The van der Waals surface area contributed by atoms with Crippen LogP contribution in [0.3, 0.4) is 0 Å². The van der Waals surface area contributed by atoms with E-state index in [2.05, 4.69) is 0 Å². The molecule has 3 aromatic rings. The average molecular weight is 366 g/mol. The van der Waals surface area contributed by atoms with Crippen molar-refractivity contribution in [2.75, 3.05) is 0 Å². The van der Waals surface area contributed by atoms with Gasteiger partial charge >= 0.3 is 11.9 Å². The van der Waals surface area contributed by atoms with E-state index in [1.807, 2.05) is 42.5 Å². The lowest BCUT2D eigenvalue weighted by Crippen LogP contribution is -2.04. The third-order valence-corrected chi connectivity index (χ3v) is 4.50. The number of carbonyl (C=O) groups is 2. The maximum atomic E-state index is 11.4. The van der Waals surface area contributed by atoms with Gasteiger partial charge < -0.3 is 14.9 Å². The molecular formula is C20H14O5S. The van der Waals surface area contributed by atoms with E-state index in [0.717, 1.165) is 15.9 Å². The number of carboxylic acid groups (broad SMARTS) is 2. The molecule has 5 nitrogen and oxygen atoms in total. The Morgan fingerprint density at radius 1 is 0.769 bits per heavy atom. The highest BCUT2D eigenvalue weighted by atomic mass is 32.2. The van der Waals surface area contributed by atoms with E-state index in [9.17, 15) is 14.7 Å². The largest absolute Gasteiger partial charge is 0.478 e. The van der Waals surface area contributed by atoms with Crippen LogP contribution in [-0.2, 0) is 0 Å². The van der Waals surface area contributed by atoms with Crippen LogP contribution in [0.1, 0.15) is 20.7 Å². The molecule has 0 atom stereocenters. The minimum atomic E-state index is -1.25. The lowest BCUT2D eigenvalue weighted by molar-refractivity contribution is 0.0694. The molecule has 26 heavy (non-hydrogen) atoms. The summed E-state index contributed by atoms with van der Waals surface area (Å²) in [6, 6.07) is 20.9. The first-order chi connectivity index (χ1) is 12.5. The van der Waals surface area contributed by atoms with Crippen LogP contribution in [0, 0.1) is 0 Å². The minimum absolute atomic E-state index is 0.0889. The quantitative estimate of drug-likeness (QED) is 0.637. The van der Waals surface area contributed by atoms with Crippen molar-refractivity contribution in [3.8, 4) is 11.5 Å². The molecule has 3 rings (SSSR count). The number of ether oxygens (including phenoxy) is 1. The highest BCUT2D eigenvalue weighted by molar-refractivity contribution is 7.99. The van der Waals surface area contributed by atoms with E-state index in [1.165, 1.54) is 12.1 Å². The van der Waals surface area contributed by atoms with Crippen molar-refractivity contribution in [3.63, 3.8) is 0 Å². The normalized spacial score (nSPS) is 10.3. The van der Waals surface area contributed by atoms with Crippen LogP contribution in [0.25, 0.3) is 0 Å². The molecule has 130 valence electrons. The molecule has 0 spiro atoms. The highest BCUT2D eigenvalue weighted by Crippen LogP contribution is 2.31. The van der Waals surface area contributed by atoms with Crippen molar-refractivity contribution < 1.29 is 24.5 Å². The van der Waals surface area contributed by atoms with Crippen molar-refractivity contribution in [3.05, 3.63) is 83.9 Å². The Hall–Kier alpha value is -3.25. The van der Waals surface area contributed by atoms with Crippen LogP contribution < -0.4 is 4.74 Å². The standard InChI is InChI=1S/C20H14O5S/c21-19(22)13-6-11-18(17(12-13)20(23)24)25-14-7-9-16(10-8-14)26-15-4-2-1-3-5-15/h1-12H,(H,21,22)(H,23,24). The Labute approximate surface area is 153 Å². The Bertz CT molecular complexity index is 936. The van der Waals surface area contributed by atoms with Crippen LogP contribution in [0.15, 0.2) is 82.6 Å². The van der Waals surface area contributed by atoms with Crippen LogP contribution in [0.5, 0.6) is 11.5 Å². The van der Waals surface area contributed by atoms with Crippen LogP contribution in [-0.4, -0.2) is 22.2 Å². The van der Waals surface area contributed by atoms with Gasteiger partial charge in [-0.15, -0.1) is 0 Å². The Morgan fingerprint density at radius 3 is 2.04 bits per heavy atom. The molecule has 0 aliphatic carbocycles. The number of rotatable bonds is 6. The van der Waals surface area contributed by atoms with Gasteiger partial charge in [0.05, 0.1) is 5.56 Å². The summed E-state index contributed by atoms with van der Waals surface area (Å²) in [6.07, 6.45) is 0. The van der Waals surface area contributed by atoms with Gasteiger partial charge in [0.15, 0.2) is 0 Å². The van der Waals surface area contributed by atoms with E-state index in [-0.39, 0.29) is 16.9 Å². The summed E-state index contributed by atoms with van der Waals surface area (Å²) in [5, 5.41) is 18.3. The monoisotopic (exact) mass is 366 g/mol. The van der Waals surface area contributed by atoms with Crippen molar-refractivity contribution in [1.29, 1.82) is 0 Å². The van der Waals surface area contributed by atoms with Crippen molar-refractivity contribution in [2.24, 2.45) is 0 Å². The lowest BCUT2D eigenvalue weighted by Gasteiger charge is -2.10. The van der Waals surface area contributed by atoms with Crippen molar-refractivity contribution in [1.82, 2.24) is 0 Å². The Kier molecular flexibility index (Phi) is 5.24. The van der Waals surface area contributed by atoms with E-state index in [1.54, 1.807) is 23.9 Å². The zero-order valence-electron chi connectivity index (χ0n) is 13.5. The first kappa shape index (κ1) is 17.6. The molecule has 0 saturated carbocycles. The first-order valence-electron chi connectivity index (χ1n) is 7.64. The summed E-state index contributed by atoms with van der Waals surface area (Å²) in [5.41, 5.74) is -0.308. The topological polar surface area (TPSA) is 83.8 Å². The molecule has 0 aromatic heterocycles. The zero-order chi connectivity index (χ0) is 18.5. The van der Waals surface area contributed by atoms with E-state index in [0.29, 0.717) is 5.75 Å². The molecular weight excluding hydrogens is 352 g/mol. The van der Waals surface area contributed by atoms with Crippen LogP contribution in [0.4, 0.5) is 0 Å². The summed E-state index contributed by atoms with van der Waals surface area (Å²) in [4.78, 5) is 24.5. The predicted octanol–water partition coefficient (Wildman–Crippen LogP) is 5.03. The van der Waals surface area contributed by atoms with Gasteiger partial charge in [0.25, 0.3) is 0 Å². The smallest absolute Gasteiger partial charge is 0.339 e. The van der Waals surface area contributed by atoms with Gasteiger partial charge in [0.2, 0.25) is 0 Å². The fourth-order valence-corrected chi connectivity index (χ4v) is 3.08. The molecule has 0 fully saturated rings. The lowest BCUT2D eigenvalue weighted by atomic mass is 10.1. The molecule has 0 aliphatic heterocycles. The Balaban J connectivity index is 1.79. The second-order valence-electron chi connectivity index (χ2n) is 5.31. The van der Waals surface area contributed by atoms with E-state index >= 15 is 0 Å². The van der Waals surface area contributed by atoms with Crippen LogP contribution >= 0.6 is 11.8 Å². The maximum absolute atomic E-state index is 11.4. The number of hydrogen-bond acceptors (Lipinski definition) is 4. The third kappa shape index (κ3) is 4.23. The van der Waals surface area contributed by atoms with E-state index < -0.39 is 11.9 Å². The molecule has 6 heteroatoms. The van der Waals surface area contributed by atoms with E-state index in [4.69, 9.17) is 9.84 Å². The number of benzene rings is 3. The summed E-state index contributed by atoms with van der Waals surface area (Å²) >= 11 is 1.60. The minimum Gasteiger partial charge on any atom is -0.478 e. The summed E-state index contributed by atoms with van der Waals surface area (Å²) in [7, 11) is 0. The molecule has 0 radical (unpaired) electrons. The number of hydrogen-bond donors (Lipinski definition) is 2. The Morgan fingerprint density at radius 2 is 1.42 bits per heavy atom. The summed E-state index contributed by atoms with van der Waals surface area (Å²) < 4.78 is 5.63. The summed E-state index contributed by atoms with van der Waals surface area (Å²) in [5.74, 6) is -1.89. The van der Waals surface area contributed by atoms with Gasteiger partial charge in [0.1, 0.15) is 17.1 Å². The van der Waals surface area contributed by atoms with Crippen molar-refractivity contribution in [2.45, 2.75) is 9.79 Å². The van der Waals surface area contributed by atoms with Gasteiger partial charge in [-0.05, 0) is 54.6 Å². The van der Waals surface area contributed by atoms with Crippen molar-refractivity contribution >= 4 is 23.7 Å². The summed E-state index contributed by atoms with van der Waals surface area (Å²) in [6.45, 7) is 0. The van der Waals surface area contributed by atoms with Gasteiger partial charge in [0, 0.05) is 9.79 Å². The predicted molar refractivity (Wildman–Crippen MR) is 97.4 cm³/mol. The molecule has 3 aromatic carbocycles. The maximum Gasteiger partial charge on any atom is 0.339 e. The molecule has 0 aliphatic rings. The molecule has 0 heterocycles. The van der Waals surface area contributed by atoms with Gasteiger partial charge in [-0.25, -0.2) is 9.59 Å². The average Bonchev–Trinajstić information content (AvgIpc) is 2.64. The molecule has 0 unspecified atom stereocenters. The number of aromatic carboxylic acids is 2. The second-order valence-corrected chi connectivity index (χ2v) is 6.46. The fraction of sp³-hybridized carbons (Fsp3) is 0. The van der Waals surface area contributed by atoms with Gasteiger partial charge in [-0.2, -0.15) is 0 Å². The molecule has 0 bridgehead atoms. The second kappa shape index (κ2) is 7.76. The highest BCUT2D eigenvalue weighted by Gasteiger charge is 2.15. The van der Waals surface area contributed by atoms with Gasteiger partial charge in [-0.3, -0.25) is 0 Å².